The van der Waals surface area contributed by atoms with Crippen LogP contribution in [0.25, 0.3) is 0 Å². The maximum absolute atomic E-state index is 12.5. The highest BCUT2D eigenvalue weighted by molar-refractivity contribution is 6.06. The van der Waals surface area contributed by atoms with Crippen molar-refractivity contribution in [2.45, 2.75) is 18.9 Å². The summed E-state index contributed by atoms with van der Waals surface area (Å²) in [7, 11) is 1.68. The normalized spacial score (nSPS) is 13.2. The molecule has 0 aliphatic heterocycles. The Morgan fingerprint density at radius 2 is 1.59 bits per heavy atom. The number of carbonyl (C=O) groups excluding carboxylic acids is 1. The summed E-state index contributed by atoms with van der Waals surface area (Å²) in [6, 6.07) is 18.9. The predicted molar refractivity (Wildman–Crippen MR) is 89.8 cm³/mol. The first-order valence-corrected chi connectivity index (χ1v) is 7.20. The third-order valence-corrected chi connectivity index (χ3v) is 3.75. The van der Waals surface area contributed by atoms with E-state index in [1.165, 1.54) is 4.90 Å². The van der Waals surface area contributed by atoms with E-state index in [4.69, 9.17) is 0 Å². The lowest BCUT2D eigenvalue weighted by atomic mass is 9.89. The third kappa shape index (κ3) is 3.62. The topological polar surface area (TPSA) is 40.5 Å². The van der Waals surface area contributed by atoms with Crippen LogP contribution >= 0.6 is 0 Å². The van der Waals surface area contributed by atoms with Gasteiger partial charge in [0.1, 0.15) is 0 Å². The van der Waals surface area contributed by atoms with Gasteiger partial charge in [0.2, 0.25) is 0 Å². The molecule has 0 radical (unpaired) electrons. The lowest BCUT2D eigenvalue weighted by Crippen LogP contribution is -2.39. The number of amides is 1. The van der Waals surface area contributed by atoms with Gasteiger partial charge in [-0.05, 0) is 24.6 Å². The molecule has 3 nitrogen and oxygen atoms in total. The molecule has 1 amide bonds. The minimum atomic E-state index is -1.29. The SMILES string of the molecule is C=C(C(=O)N(C)c1ccccc1)C(C)(O)Cc1ccccc1. The van der Waals surface area contributed by atoms with Crippen LogP contribution in [0, 0.1) is 0 Å². The first kappa shape index (κ1) is 16.0. The van der Waals surface area contributed by atoms with Crippen molar-refractivity contribution >= 4 is 11.6 Å². The van der Waals surface area contributed by atoms with Gasteiger partial charge in [0, 0.05) is 24.7 Å². The summed E-state index contributed by atoms with van der Waals surface area (Å²) in [5, 5.41) is 10.7. The summed E-state index contributed by atoms with van der Waals surface area (Å²) in [6.45, 7) is 5.45. The molecular formula is C19H21NO2. The monoisotopic (exact) mass is 295 g/mol. The van der Waals surface area contributed by atoms with Gasteiger partial charge in [-0.25, -0.2) is 0 Å². The first-order valence-electron chi connectivity index (χ1n) is 7.20. The van der Waals surface area contributed by atoms with E-state index in [2.05, 4.69) is 6.58 Å². The Hall–Kier alpha value is -2.39. The second kappa shape index (κ2) is 6.58. The highest BCUT2D eigenvalue weighted by Gasteiger charge is 2.31. The van der Waals surface area contributed by atoms with E-state index in [0.717, 1.165) is 11.3 Å². The van der Waals surface area contributed by atoms with Gasteiger partial charge in [-0.1, -0.05) is 55.1 Å². The molecule has 0 spiro atoms. The Bertz CT molecular complexity index is 648. The highest BCUT2D eigenvalue weighted by atomic mass is 16.3. The van der Waals surface area contributed by atoms with Crippen molar-refractivity contribution in [1.29, 1.82) is 0 Å². The van der Waals surface area contributed by atoms with E-state index in [1.807, 2.05) is 60.7 Å². The zero-order valence-electron chi connectivity index (χ0n) is 13.0. The molecule has 2 aromatic carbocycles. The summed E-state index contributed by atoms with van der Waals surface area (Å²) in [5.74, 6) is -0.285. The Balaban J connectivity index is 2.14. The van der Waals surface area contributed by atoms with E-state index in [0.29, 0.717) is 6.42 Å². The number of benzene rings is 2. The Morgan fingerprint density at radius 3 is 2.14 bits per heavy atom. The summed E-state index contributed by atoms with van der Waals surface area (Å²) < 4.78 is 0. The van der Waals surface area contributed by atoms with E-state index in [9.17, 15) is 9.90 Å². The lowest BCUT2D eigenvalue weighted by Gasteiger charge is -2.28. The summed E-state index contributed by atoms with van der Waals surface area (Å²) >= 11 is 0. The van der Waals surface area contributed by atoms with Crippen LogP contribution in [0.3, 0.4) is 0 Å². The fourth-order valence-corrected chi connectivity index (χ4v) is 2.30. The predicted octanol–water partition coefficient (Wildman–Crippen LogP) is 3.20. The van der Waals surface area contributed by atoms with E-state index in [-0.39, 0.29) is 11.5 Å². The van der Waals surface area contributed by atoms with Gasteiger partial charge in [0.25, 0.3) is 5.91 Å². The lowest BCUT2D eigenvalue weighted by molar-refractivity contribution is -0.116. The summed E-state index contributed by atoms with van der Waals surface area (Å²) in [4.78, 5) is 14.0. The standard InChI is InChI=1S/C19H21NO2/c1-15(18(21)20(3)17-12-8-5-9-13-17)19(2,22)14-16-10-6-4-7-11-16/h4-13,22H,1,14H2,2-3H3. The number of rotatable bonds is 5. The summed E-state index contributed by atoms with van der Waals surface area (Å²) in [6.07, 6.45) is 0.348. The van der Waals surface area contributed by atoms with Gasteiger partial charge >= 0.3 is 0 Å². The van der Waals surface area contributed by atoms with Crippen LogP contribution in [0.1, 0.15) is 12.5 Å². The van der Waals surface area contributed by atoms with Crippen molar-refractivity contribution in [3.8, 4) is 0 Å². The zero-order valence-corrected chi connectivity index (χ0v) is 13.0. The molecule has 0 fully saturated rings. The number of para-hydroxylation sites is 1. The second-order valence-corrected chi connectivity index (χ2v) is 5.61. The fraction of sp³-hybridized carbons (Fsp3) is 0.211. The molecular weight excluding hydrogens is 274 g/mol. The molecule has 0 aliphatic rings. The molecule has 0 heterocycles. The van der Waals surface area contributed by atoms with Crippen LogP contribution in [-0.4, -0.2) is 23.7 Å². The second-order valence-electron chi connectivity index (χ2n) is 5.61. The highest BCUT2D eigenvalue weighted by Crippen LogP contribution is 2.24. The maximum Gasteiger partial charge on any atom is 0.256 e. The number of carbonyl (C=O) groups is 1. The number of aliphatic hydroxyl groups is 1. The van der Waals surface area contributed by atoms with E-state index >= 15 is 0 Å². The van der Waals surface area contributed by atoms with Gasteiger partial charge in [0.05, 0.1) is 5.60 Å². The Kier molecular flexibility index (Phi) is 4.78. The zero-order chi connectivity index (χ0) is 16.2. The van der Waals surface area contributed by atoms with Crippen LogP contribution in [0.4, 0.5) is 5.69 Å². The largest absolute Gasteiger partial charge is 0.385 e. The third-order valence-electron chi connectivity index (χ3n) is 3.75. The van der Waals surface area contributed by atoms with Gasteiger partial charge < -0.3 is 10.0 Å². The molecule has 2 aromatic rings. The first-order chi connectivity index (χ1) is 10.4. The van der Waals surface area contributed by atoms with Gasteiger partial charge in [-0.2, -0.15) is 0 Å². The van der Waals surface area contributed by atoms with Crippen molar-refractivity contribution in [1.82, 2.24) is 0 Å². The average molecular weight is 295 g/mol. The van der Waals surface area contributed by atoms with E-state index in [1.54, 1.807) is 14.0 Å². The van der Waals surface area contributed by atoms with Crippen LogP contribution in [0.15, 0.2) is 72.8 Å². The van der Waals surface area contributed by atoms with Crippen molar-refractivity contribution in [2.24, 2.45) is 0 Å². The Labute approximate surface area is 131 Å². The number of hydrogen-bond donors (Lipinski definition) is 1. The smallest absolute Gasteiger partial charge is 0.256 e. The van der Waals surface area contributed by atoms with Gasteiger partial charge in [-0.3, -0.25) is 4.79 Å². The van der Waals surface area contributed by atoms with E-state index < -0.39 is 5.60 Å². The van der Waals surface area contributed by atoms with Crippen LogP contribution in [0.2, 0.25) is 0 Å². The maximum atomic E-state index is 12.5. The van der Waals surface area contributed by atoms with Crippen LogP contribution in [0.5, 0.6) is 0 Å². The molecule has 2 rings (SSSR count). The van der Waals surface area contributed by atoms with Gasteiger partial charge in [-0.15, -0.1) is 0 Å². The molecule has 0 saturated carbocycles. The number of anilines is 1. The molecule has 0 aliphatic carbocycles. The molecule has 1 atom stereocenters. The molecule has 0 saturated heterocycles. The number of likely N-dealkylation sites (N-methyl/N-ethyl adjacent to an activating group) is 1. The average Bonchev–Trinajstić information content (AvgIpc) is 2.54. The molecule has 114 valence electrons. The molecule has 3 heteroatoms. The van der Waals surface area contributed by atoms with Crippen LogP contribution < -0.4 is 4.90 Å². The molecule has 0 aromatic heterocycles. The fourth-order valence-electron chi connectivity index (χ4n) is 2.30. The number of hydrogen-bond acceptors (Lipinski definition) is 2. The van der Waals surface area contributed by atoms with Crippen LogP contribution in [-0.2, 0) is 11.2 Å². The van der Waals surface area contributed by atoms with Crippen molar-refractivity contribution < 1.29 is 9.90 Å². The molecule has 1 unspecified atom stereocenters. The Morgan fingerprint density at radius 1 is 1.09 bits per heavy atom. The minimum absolute atomic E-state index is 0.183. The molecule has 22 heavy (non-hydrogen) atoms. The summed E-state index contributed by atoms with van der Waals surface area (Å²) in [5.41, 5.74) is 0.622. The molecule has 1 N–H and O–H groups in total. The van der Waals surface area contributed by atoms with Crippen molar-refractivity contribution in [2.75, 3.05) is 11.9 Å². The number of nitrogens with zero attached hydrogens (tertiary/aromatic N) is 1. The van der Waals surface area contributed by atoms with Crippen molar-refractivity contribution in [3.05, 3.63) is 78.4 Å². The van der Waals surface area contributed by atoms with Crippen molar-refractivity contribution in [3.63, 3.8) is 0 Å². The van der Waals surface area contributed by atoms with Gasteiger partial charge in [0.15, 0.2) is 0 Å². The quantitative estimate of drug-likeness (QED) is 0.861. The molecule has 0 bridgehead atoms. The minimum Gasteiger partial charge on any atom is -0.385 e.